The van der Waals surface area contributed by atoms with E-state index >= 15 is 0 Å². The van der Waals surface area contributed by atoms with Gasteiger partial charge in [-0.05, 0) is 19.5 Å². The van der Waals surface area contributed by atoms with Gasteiger partial charge >= 0.3 is 0 Å². The fraction of sp³-hybridized carbons (Fsp3) is 0.588. The Morgan fingerprint density at radius 1 is 1.39 bits per heavy atom. The highest BCUT2D eigenvalue weighted by molar-refractivity contribution is 14.0. The van der Waals surface area contributed by atoms with Gasteiger partial charge in [0.1, 0.15) is 0 Å². The van der Waals surface area contributed by atoms with Crippen molar-refractivity contribution in [2.45, 2.75) is 19.6 Å². The first-order valence-corrected chi connectivity index (χ1v) is 7.86. The summed E-state index contributed by atoms with van der Waals surface area (Å²) in [6, 6.07) is 8.62. The Morgan fingerprint density at radius 2 is 2.09 bits per heavy atom. The van der Waals surface area contributed by atoms with Crippen molar-refractivity contribution in [2.24, 2.45) is 4.99 Å². The van der Waals surface area contributed by atoms with Gasteiger partial charge in [-0.1, -0.05) is 29.8 Å². The zero-order valence-corrected chi connectivity index (χ0v) is 16.9. The molecule has 23 heavy (non-hydrogen) atoms. The Bertz CT molecular complexity index is 492. The summed E-state index contributed by atoms with van der Waals surface area (Å²) in [7, 11) is 6.01. The molecule has 5 nitrogen and oxygen atoms in total. The lowest BCUT2D eigenvalue weighted by molar-refractivity contribution is -0.0163. The summed E-state index contributed by atoms with van der Waals surface area (Å²) in [5, 5.41) is 3.42. The molecule has 0 bridgehead atoms. The molecule has 1 aliphatic heterocycles. The van der Waals surface area contributed by atoms with Crippen LogP contribution in [0.3, 0.4) is 0 Å². The SMILES string of the molecule is CN=C(NCC1CN(C)CCO1)N(C)Cc1ccc(C)cc1.I. The second-order valence-corrected chi connectivity index (χ2v) is 6.02. The quantitative estimate of drug-likeness (QED) is 0.449. The molecule has 1 aromatic carbocycles. The van der Waals surface area contributed by atoms with E-state index in [1.54, 1.807) is 0 Å². The molecule has 0 saturated carbocycles. The summed E-state index contributed by atoms with van der Waals surface area (Å²) >= 11 is 0. The summed E-state index contributed by atoms with van der Waals surface area (Å²) in [6.45, 7) is 6.51. The van der Waals surface area contributed by atoms with Gasteiger partial charge in [-0.15, -0.1) is 24.0 Å². The van der Waals surface area contributed by atoms with Crippen molar-refractivity contribution in [2.75, 3.05) is 47.4 Å². The second-order valence-electron chi connectivity index (χ2n) is 6.02. The normalized spacial score (nSPS) is 19.1. The Labute approximate surface area is 157 Å². The minimum absolute atomic E-state index is 0. The van der Waals surface area contributed by atoms with Gasteiger partial charge in [0.15, 0.2) is 5.96 Å². The summed E-state index contributed by atoms with van der Waals surface area (Å²) < 4.78 is 5.78. The minimum atomic E-state index is 0. The van der Waals surface area contributed by atoms with Crippen LogP contribution >= 0.6 is 24.0 Å². The third kappa shape index (κ3) is 6.64. The smallest absolute Gasteiger partial charge is 0.193 e. The minimum Gasteiger partial charge on any atom is -0.374 e. The predicted molar refractivity (Wildman–Crippen MR) is 107 cm³/mol. The van der Waals surface area contributed by atoms with Gasteiger partial charge in [-0.2, -0.15) is 0 Å². The van der Waals surface area contributed by atoms with Crippen molar-refractivity contribution >= 4 is 29.9 Å². The lowest BCUT2D eigenvalue weighted by atomic mass is 10.1. The van der Waals surface area contributed by atoms with Crippen LogP contribution in [0.15, 0.2) is 29.3 Å². The second kappa shape index (κ2) is 10.1. The van der Waals surface area contributed by atoms with Crippen molar-refractivity contribution in [3.05, 3.63) is 35.4 Å². The molecule has 0 spiro atoms. The topological polar surface area (TPSA) is 40.1 Å². The van der Waals surface area contributed by atoms with Crippen LogP contribution in [0.4, 0.5) is 0 Å². The van der Waals surface area contributed by atoms with Crippen LogP contribution in [0.5, 0.6) is 0 Å². The molecule has 1 N–H and O–H groups in total. The van der Waals surface area contributed by atoms with Gasteiger partial charge in [-0.3, -0.25) is 4.99 Å². The van der Waals surface area contributed by atoms with E-state index in [9.17, 15) is 0 Å². The average molecular weight is 432 g/mol. The molecule has 1 atom stereocenters. The molecule has 1 saturated heterocycles. The number of aliphatic imine (C=N–C) groups is 1. The number of nitrogens with zero attached hydrogens (tertiary/aromatic N) is 3. The van der Waals surface area contributed by atoms with E-state index < -0.39 is 0 Å². The molecule has 1 fully saturated rings. The number of ether oxygens (including phenoxy) is 1. The lowest BCUT2D eigenvalue weighted by Gasteiger charge is -2.31. The molecule has 1 heterocycles. The van der Waals surface area contributed by atoms with Gasteiger partial charge in [0.25, 0.3) is 0 Å². The molecular weight excluding hydrogens is 403 g/mol. The van der Waals surface area contributed by atoms with Crippen molar-refractivity contribution in [1.29, 1.82) is 0 Å². The molecule has 6 heteroatoms. The number of rotatable bonds is 4. The Hall–Kier alpha value is -0.860. The van der Waals surface area contributed by atoms with E-state index in [0.29, 0.717) is 0 Å². The van der Waals surface area contributed by atoms with Crippen molar-refractivity contribution in [3.63, 3.8) is 0 Å². The molecular formula is C17H29IN4O. The lowest BCUT2D eigenvalue weighted by Crippen LogP contribution is -2.48. The summed E-state index contributed by atoms with van der Waals surface area (Å²) in [4.78, 5) is 8.80. The standard InChI is InChI=1S/C17H28N4O.HI/c1-14-5-7-15(8-6-14)12-21(4)17(18-2)19-11-16-13-20(3)9-10-22-16;/h5-8,16H,9-13H2,1-4H3,(H,18,19);1H. The third-order valence-electron chi connectivity index (χ3n) is 3.94. The number of guanidine groups is 1. The highest BCUT2D eigenvalue weighted by atomic mass is 127. The number of likely N-dealkylation sites (N-methyl/N-ethyl adjacent to an activating group) is 1. The molecule has 0 aliphatic carbocycles. The maximum absolute atomic E-state index is 5.78. The van der Waals surface area contributed by atoms with Crippen LogP contribution in [-0.4, -0.2) is 69.2 Å². The van der Waals surface area contributed by atoms with Crippen LogP contribution in [0.25, 0.3) is 0 Å². The van der Waals surface area contributed by atoms with Crippen molar-refractivity contribution in [1.82, 2.24) is 15.1 Å². The van der Waals surface area contributed by atoms with Gasteiger partial charge in [0.2, 0.25) is 0 Å². The Kier molecular flexibility index (Phi) is 8.86. The molecule has 0 aromatic heterocycles. The van der Waals surface area contributed by atoms with Crippen molar-refractivity contribution < 1.29 is 4.74 Å². The molecule has 130 valence electrons. The van der Waals surface area contributed by atoms with Gasteiger partial charge in [0.05, 0.1) is 12.7 Å². The highest BCUT2D eigenvalue weighted by Gasteiger charge is 2.18. The van der Waals surface area contributed by atoms with Gasteiger partial charge in [0, 0.05) is 40.3 Å². The number of hydrogen-bond acceptors (Lipinski definition) is 3. The average Bonchev–Trinajstić information content (AvgIpc) is 2.50. The first-order valence-electron chi connectivity index (χ1n) is 7.86. The van der Waals surface area contributed by atoms with Gasteiger partial charge in [-0.25, -0.2) is 0 Å². The summed E-state index contributed by atoms with van der Waals surface area (Å²) in [5.41, 5.74) is 2.57. The van der Waals surface area contributed by atoms with Crippen LogP contribution < -0.4 is 5.32 Å². The Balaban J connectivity index is 0.00000264. The number of nitrogens with one attached hydrogen (secondary N) is 1. The molecule has 1 aromatic rings. The number of hydrogen-bond donors (Lipinski definition) is 1. The fourth-order valence-electron chi connectivity index (χ4n) is 2.62. The number of morpholine rings is 1. The van der Waals surface area contributed by atoms with E-state index in [0.717, 1.165) is 38.7 Å². The highest BCUT2D eigenvalue weighted by Crippen LogP contribution is 2.06. The number of aryl methyl sites for hydroxylation is 1. The summed E-state index contributed by atoms with van der Waals surface area (Å²) in [6.07, 6.45) is 0.225. The van der Waals surface area contributed by atoms with E-state index in [-0.39, 0.29) is 30.1 Å². The molecule has 2 rings (SSSR count). The molecule has 0 radical (unpaired) electrons. The van der Waals surface area contributed by atoms with Crippen LogP contribution in [0, 0.1) is 6.92 Å². The van der Waals surface area contributed by atoms with E-state index in [2.05, 4.69) is 65.4 Å². The number of benzene rings is 1. The first-order chi connectivity index (χ1) is 10.6. The van der Waals surface area contributed by atoms with Gasteiger partial charge < -0.3 is 19.9 Å². The van der Waals surface area contributed by atoms with E-state index in [4.69, 9.17) is 4.74 Å². The van der Waals surface area contributed by atoms with E-state index in [1.165, 1.54) is 11.1 Å². The maximum Gasteiger partial charge on any atom is 0.193 e. The van der Waals surface area contributed by atoms with E-state index in [1.807, 2.05) is 7.05 Å². The monoisotopic (exact) mass is 432 g/mol. The summed E-state index contributed by atoms with van der Waals surface area (Å²) in [5.74, 6) is 0.900. The zero-order chi connectivity index (χ0) is 15.9. The first kappa shape index (κ1) is 20.2. The predicted octanol–water partition coefficient (Wildman–Crippen LogP) is 1.95. The largest absolute Gasteiger partial charge is 0.374 e. The van der Waals surface area contributed by atoms with Crippen molar-refractivity contribution in [3.8, 4) is 0 Å². The zero-order valence-electron chi connectivity index (χ0n) is 14.6. The van der Waals surface area contributed by atoms with Crippen LogP contribution in [0.2, 0.25) is 0 Å². The molecule has 1 unspecified atom stereocenters. The number of halogens is 1. The molecule has 0 amide bonds. The van der Waals surface area contributed by atoms with Crippen LogP contribution in [0.1, 0.15) is 11.1 Å². The fourth-order valence-corrected chi connectivity index (χ4v) is 2.62. The third-order valence-corrected chi connectivity index (χ3v) is 3.94. The maximum atomic E-state index is 5.78. The van der Waals surface area contributed by atoms with Crippen LogP contribution in [-0.2, 0) is 11.3 Å². The Morgan fingerprint density at radius 3 is 2.70 bits per heavy atom. The molecule has 1 aliphatic rings.